The Labute approximate surface area is 164 Å². The van der Waals surface area contributed by atoms with E-state index in [1.807, 2.05) is 60.7 Å². The summed E-state index contributed by atoms with van der Waals surface area (Å²) in [6, 6.07) is 25.1. The van der Waals surface area contributed by atoms with Crippen LogP contribution in [0.3, 0.4) is 0 Å². The molecule has 0 aliphatic heterocycles. The van der Waals surface area contributed by atoms with Crippen LogP contribution >= 0.6 is 11.6 Å². The van der Waals surface area contributed by atoms with Crippen LogP contribution in [0.1, 0.15) is 11.6 Å². The monoisotopic (exact) mass is 401 g/mol. The lowest BCUT2D eigenvalue weighted by Gasteiger charge is -2.21. The van der Waals surface area contributed by atoms with E-state index in [-0.39, 0.29) is 17.5 Å². The van der Waals surface area contributed by atoms with Gasteiger partial charge in [0.15, 0.2) is 0 Å². The maximum atomic E-state index is 12.6. The highest BCUT2D eigenvalue weighted by Crippen LogP contribution is 2.16. The predicted molar refractivity (Wildman–Crippen MR) is 109 cm³/mol. The van der Waals surface area contributed by atoms with Crippen molar-refractivity contribution in [2.24, 2.45) is 0 Å². The van der Waals surface area contributed by atoms with Gasteiger partial charge in [0, 0.05) is 17.3 Å². The zero-order chi connectivity index (χ0) is 19.1. The van der Waals surface area contributed by atoms with E-state index >= 15 is 0 Å². The van der Waals surface area contributed by atoms with Gasteiger partial charge in [-0.2, -0.15) is 0 Å². The third-order valence-corrected chi connectivity index (χ3v) is 5.66. The Morgan fingerprint density at radius 1 is 0.815 bits per heavy atom. The molecule has 0 unspecified atom stereocenters. The molecule has 140 valence electrons. The van der Waals surface area contributed by atoms with Crippen molar-refractivity contribution >= 4 is 27.3 Å². The molecule has 0 amide bonds. The Kier molecular flexibility index (Phi) is 6.47. The van der Waals surface area contributed by atoms with Crippen LogP contribution in [-0.2, 0) is 10.0 Å². The standard InChI is InChI=1S/C20H20ClN3O2S/c21-17-11-13-19(14-12-17)27(25,26)22-15-20(16-7-3-1-4-8-16)24-23-18-9-5-2-6-10-18/h1-14,20,22-24H,15H2/t20-/m0/s1. The second-order valence-electron chi connectivity index (χ2n) is 5.90. The summed E-state index contributed by atoms with van der Waals surface area (Å²) in [5, 5.41) is 0.491. The van der Waals surface area contributed by atoms with Crippen LogP contribution in [0.2, 0.25) is 5.02 Å². The van der Waals surface area contributed by atoms with Crippen LogP contribution in [0, 0.1) is 0 Å². The number of anilines is 1. The summed E-state index contributed by atoms with van der Waals surface area (Å²) in [6.07, 6.45) is 0. The summed E-state index contributed by atoms with van der Waals surface area (Å²) in [7, 11) is -3.64. The van der Waals surface area contributed by atoms with Crippen molar-refractivity contribution < 1.29 is 8.42 Å². The van der Waals surface area contributed by atoms with Crippen molar-refractivity contribution in [2.75, 3.05) is 12.0 Å². The van der Waals surface area contributed by atoms with Crippen LogP contribution in [0.15, 0.2) is 89.8 Å². The fraction of sp³-hybridized carbons (Fsp3) is 0.100. The number of sulfonamides is 1. The molecule has 0 saturated heterocycles. The van der Waals surface area contributed by atoms with Gasteiger partial charge < -0.3 is 5.43 Å². The Morgan fingerprint density at radius 3 is 2.04 bits per heavy atom. The largest absolute Gasteiger partial charge is 0.321 e. The van der Waals surface area contributed by atoms with Gasteiger partial charge in [-0.05, 0) is 42.0 Å². The lowest BCUT2D eigenvalue weighted by Crippen LogP contribution is -2.37. The van der Waals surface area contributed by atoms with E-state index in [0.29, 0.717) is 5.02 Å². The first-order valence-corrected chi connectivity index (χ1v) is 10.3. The maximum Gasteiger partial charge on any atom is 0.240 e. The molecular formula is C20H20ClN3O2S. The highest BCUT2D eigenvalue weighted by molar-refractivity contribution is 7.89. The van der Waals surface area contributed by atoms with Crippen LogP contribution in [0.5, 0.6) is 0 Å². The fourth-order valence-corrected chi connectivity index (χ4v) is 3.69. The second kappa shape index (κ2) is 9.01. The quantitative estimate of drug-likeness (QED) is 0.499. The molecule has 27 heavy (non-hydrogen) atoms. The van der Waals surface area contributed by atoms with Gasteiger partial charge in [-0.1, -0.05) is 60.1 Å². The van der Waals surface area contributed by atoms with Crippen LogP contribution in [-0.4, -0.2) is 15.0 Å². The highest BCUT2D eigenvalue weighted by atomic mass is 35.5. The van der Waals surface area contributed by atoms with Gasteiger partial charge in [-0.15, -0.1) is 0 Å². The zero-order valence-electron chi connectivity index (χ0n) is 14.5. The molecule has 0 spiro atoms. The third-order valence-electron chi connectivity index (χ3n) is 3.97. The number of halogens is 1. The highest BCUT2D eigenvalue weighted by Gasteiger charge is 2.18. The molecule has 0 bridgehead atoms. The average Bonchev–Trinajstić information content (AvgIpc) is 2.70. The van der Waals surface area contributed by atoms with Crippen molar-refractivity contribution in [3.05, 3.63) is 95.5 Å². The molecule has 3 aromatic carbocycles. The van der Waals surface area contributed by atoms with Gasteiger partial charge in [0.05, 0.1) is 10.9 Å². The number of benzene rings is 3. The van der Waals surface area contributed by atoms with E-state index in [9.17, 15) is 8.42 Å². The van der Waals surface area contributed by atoms with E-state index in [0.717, 1.165) is 11.3 Å². The normalized spacial score (nSPS) is 12.5. The van der Waals surface area contributed by atoms with E-state index in [2.05, 4.69) is 15.6 Å². The molecule has 0 radical (unpaired) electrons. The molecule has 0 saturated carbocycles. The zero-order valence-corrected chi connectivity index (χ0v) is 16.0. The summed E-state index contributed by atoms with van der Waals surface area (Å²) in [6.45, 7) is 0.175. The van der Waals surface area contributed by atoms with Gasteiger partial charge in [-0.25, -0.2) is 18.6 Å². The van der Waals surface area contributed by atoms with Gasteiger partial charge >= 0.3 is 0 Å². The summed E-state index contributed by atoms with van der Waals surface area (Å²) in [4.78, 5) is 0.176. The molecule has 0 aliphatic rings. The van der Waals surface area contributed by atoms with Crippen molar-refractivity contribution in [3.8, 4) is 0 Å². The van der Waals surface area contributed by atoms with Crippen molar-refractivity contribution in [1.29, 1.82) is 0 Å². The van der Waals surface area contributed by atoms with Crippen LogP contribution in [0.25, 0.3) is 0 Å². The Balaban J connectivity index is 1.72. The molecule has 0 aliphatic carbocycles. The summed E-state index contributed by atoms with van der Waals surface area (Å²) < 4.78 is 27.8. The molecule has 3 rings (SSSR count). The lowest BCUT2D eigenvalue weighted by atomic mass is 10.1. The number of hydrogen-bond acceptors (Lipinski definition) is 4. The van der Waals surface area contributed by atoms with Crippen molar-refractivity contribution in [2.45, 2.75) is 10.9 Å². The predicted octanol–water partition coefficient (Wildman–Crippen LogP) is 3.98. The van der Waals surface area contributed by atoms with Gasteiger partial charge in [0.2, 0.25) is 10.0 Å². The summed E-state index contributed by atoms with van der Waals surface area (Å²) >= 11 is 5.84. The molecule has 1 atom stereocenters. The smallest absolute Gasteiger partial charge is 0.240 e. The van der Waals surface area contributed by atoms with E-state index in [1.54, 1.807) is 12.1 Å². The van der Waals surface area contributed by atoms with Crippen LogP contribution < -0.4 is 15.6 Å². The van der Waals surface area contributed by atoms with Gasteiger partial charge in [0.1, 0.15) is 0 Å². The van der Waals surface area contributed by atoms with Crippen molar-refractivity contribution in [1.82, 2.24) is 10.1 Å². The molecule has 0 fully saturated rings. The molecule has 3 N–H and O–H groups in total. The number of hydrazine groups is 1. The fourth-order valence-electron chi connectivity index (χ4n) is 2.52. The third kappa shape index (κ3) is 5.55. The number of hydrogen-bond donors (Lipinski definition) is 3. The van der Waals surface area contributed by atoms with E-state index < -0.39 is 10.0 Å². The van der Waals surface area contributed by atoms with Gasteiger partial charge in [0.25, 0.3) is 0 Å². The summed E-state index contributed by atoms with van der Waals surface area (Å²) in [5.41, 5.74) is 8.16. The molecule has 0 aromatic heterocycles. The molecule has 5 nitrogen and oxygen atoms in total. The van der Waals surface area contributed by atoms with Crippen molar-refractivity contribution in [3.63, 3.8) is 0 Å². The van der Waals surface area contributed by atoms with Crippen LogP contribution in [0.4, 0.5) is 5.69 Å². The molecule has 3 aromatic rings. The van der Waals surface area contributed by atoms with E-state index in [4.69, 9.17) is 11.6 Å². The first kappa shape index (κ1) is 19.4. The topological polar surface area (TPSA) is 70.2 Å². The number of nitrogens with one attached hydrogen (secondary N) is 3. The van der Waals surface area contributed by atoms with Gasteiger partial charge in [-0.3, -0.25) is 0 Å². The number of para-hydroxylation sites is 1. The SMILES string of the molecule is O=S(=O)(NC[C@H](NNc1ccccc1)c1ccccc1)c1ccc(Cl)cc1. The maximum absolute atomic E-state index is 12.6. The van der Waals surface area contributed by atoms with E-state index in [1.165, 1.54) is 12.1 Å². The molecule has 7 heteroatoms. The average molecular weight is 402 g/mol. The summed E-state index contributed by atoms with van der Waals surface area (Å²) in [5.74, 6) is 0. The minimum atomic E-state index is -3.64. The Morgan fingerprint density at radius 2 is 1.41 bits per heavy atom. The minimum absolute atomic E-state index is 0.175. The Bertz CT molecular complexity index is 950. The first-order chi connectivity index (χ1) is 13.0. The second-order valence-corrected chi connectivity index (χ2v) is 8.11. The Hall–Kier alpha value is -2.38. The lowest BCUT2D eigenvalue weighted by molar-refractivity contribution is 0.545. The first-order valence-electron chi connectivity index (χ1n) is 8.41. The number of rotatable bonds is 8. The molecule has 0 heterocycles. The minimum Gasteiger partial charge on any atom is -0.321 e. The molecular weight excluding hydrogens is 382 g/mol.